The fourth-order valence-corrected chi connectivity index (χ4v) is 3.37. The van der Waals surface area contributed by atoms with E-state index in [1.165, 1.54) is 0 Å². The predicted molar refractivity (Wildman–Crippen MR) is 87.7 cm³/mol. The minimum atomic E-state index is 0.585. The van der Waals surface area contributed by atoms with Crippen LogP contribution < -0.4 is 0 Å². The van der Waals surface area contributed by atoms with Crippen molar-refractivity contribution in [3.63, 3.8) is 0 Å². The molecule has 2 heterocycles. The number of halogens is 2. The minimum absolute atomic E-state index is 0.585. The van der Waals surface area contributed by atoms with Crippen LogP contribution in [0.3, 0.4) is 0 Å². The van der Waals surface area contributed by atoms with Gasteiger partial charge in [-0.05, 0) is 18.2 Å². The molecule has 0 aliphatic rings. The van der Waals surface area contributed by atoms with Crippen LogP contribution in [0.4, 0.5) is 0 Å². The van der Waals surface area contributed by atoms with Crippen LogP contribution in [0.1, 0.15) is 11.5 Å². The fraction of sp³-hybridized carbons (Fsp3) is 0.286. The molecular weight excluding hydrogens is 358 g/mol. The van der Waals surface area contributed by atoms with Crippen molar-refractivity contribution in [3.05, 3.63) is 45.1 Å². The molecule has 3 aromatic rings. The minimum Gasteiger partial charge on any atom is -0.328 e. The Bertz CT molecular complexity index is 709. The smallest absolute Gasteiger partial charge is 0.111 e. The monoisotopic (exact) mass is 369 g/mol. The van der Waals surface area contributed by atoms with Crippen LogP contribution in [0.25, 0.3) is 11.0 Å². The van der Waals surface area contributed by atoms with Gasteiger partial charge in [-0.25, -0.2) is 9.97 Å². The van der Waals surface area contributed by atoms with Gasteiger partial charge in [-0.3, -0.25) is 0 Å². The molecule has 0 N–H and O–H groups in total. The van der Waals surface area contributed by atoms with Gasteiger partial charge in [0.05, 0.1) is 22.2 Å². The Morgan fingerprint density at radius 2 is 2.20 bits per heavy atom. The second-order valence-corrected chi connectivity index (χ2v) is 6.49. The lowest BCUT2D eigenvalue weighted by Gasteiger charge is -2.07. The van der Waals surface area contributed by atoms with Crippen molar-refractivity contribution in [2.24, 2.45) is 0 Å². The first-order chi connectivity index (χ1) is 9.78. The summed E-state index contributed by atoms with van der Waals surface area (Å²) >= 11 is 11.1. The van der Waals surface area contributed by atoms with Crippen LogP contribution in [0.5, 0.6) is 0 Å². The number of thiazole rings is 1. The Kier molecular flexibility index (Phi) is 4.38. The highest BCUT2D eigenvalue weighted by Crippen LogP contribution is 2.22. The molecule has 20 heavy (non-hydrogen) atoms. The number of fused-ring (bicyclic) bond motifs is 1. The van der Waals surface area contributed by atoms with Crippen LogP contribution in [-0.4, -0.2) is 20.4 Å². The van der Waals surface area contributed by atoms with Crippen molar-refractivity contribution in [2.45, 2.75) is 19.4 Å². The van der Waals surface area contributed by atoms with Crippen LogP contribution in [0, 0.1) is 0 Å². The van der Waals surface area contributed by atoms with Gasteiger partial charge in [-0.2, -0.15) is 0 Å². The fourth-order valence-electron chi connectivity index (χ4n) is 2.26. The Morgan fingerprint density at radius 3 is 2.95 bits per heavy atom. The first kappa shape index (κ1) is 14.0. The number of rotatable bonds is 5. The average molecular weight is 371 g/mol. The van der Waals surface area contributed by atoms with Crippen molar-refractivity contribution >= 4 is 49.9 Å². The summed E-state index contributed by atoms with van der Waals surface area (Å²) in [6.45, 7) is 0.878. The zero-order chi connectivity index (χ0) is 13.9. The Morgan fingerprint density at radius 1 is 1.30 bits per heavy atom. The zero-order valence-electron chi connectivity index (χ0n) is 10.7. The van der Waals surface area contributed by atoms with E-state index in [9.17, 15) is 0 Å². The molecule has 0 bridgehead atoms. The Balaban J connectivity index is 1.96. The molecule has 0 saturated carbocycles. The summed E-state index contributed by atoms with van der Waals surface area (Å²) < 4.78 is 3.32. The van der Waals surface area contributed by atoms with E-state index >= 15 is 0 Å². The van der Waals surface area contributed by atoms with Crippen LogP contribution in [0.2, 0.25) is 0 Å². The summed E-state index contributed by atoms with van der Waals surface area (Å²) in [7, 11) is 0. The van der Waals surface area contributed by atoms with Gasteiger partial charge in [0, 0.05) is 35.1 Å². The molecule has 3 rings (SSSR count). The molecule has 0 atom stereocenters. The van der Waals surface area contributed by atoms with E-state index in [4.69, 9.17) is 11.6 Å². The Labute approximate surface area is 134 Å². The summed E-state index contributed by atoms with van der Waals surface area (Å²) in [6, 6.07) is 6.17. The van der Waals surface area contributed by atoms with E-state index in [0.29, 0.717) is 5.88 Å². The number of imidazole rings is 1. The van der Waals surface area contributed by atoms with Crippen LogP contribution in [-0.2, 0) is 19.4 Å². The van der Waals surface area contributed by atoms with Crippen molar-refractivity contribution in [2.75, 3.05) is 5.88 Å². The lowest BCUT2D eigenvalue weighted by molar-refractivity contribution is 0.668. The first-order valence-electron chi connectivity index (χ1n) is 6.35. The molecule has 0 unspecified atom stereocenters. The van der Waals surface area contributed by atoms with Crippen LogP contribution in [0.15, 0.2) is 33.6 Å². The van der Waals surface area contributed by atoms with E-state index in [1.807, 2.05) is 17.6 Å². The molecule has 0 aliphatic carbocycles. The number of hydrogen-bond donors (Lipinski definition) is 0. The highest BCUT2D eigenvalue weighted by molar-refractivity contribution is 9.10. The summed E-state index contributed by atoms with van der Waals surface area (Å²) in [5, 5.41) is 2.09. The molecule has 2 aromatic heterocycles. The molecule has 0 saturated heterocycles. The van der Waals surface area contributed by atoms with Gasteiger partial charge < -0.3 is 4.57 Å². The van der Waals surface area contributed by atoms with Crippen molar-refractivity contribution < 1.29 is 0 Å². The van der Waals surface area contributed by atoms with Gasteiger partial charge in [-0.1, -0.05) is 15.9 Å². The topological polar surface area (TPSA) is 30.7 Å². The van der Waals surface area contributed by atoms with Crippen molar-refractivity contribution in [1.29, 1.82) is 0 Å². The molecular formula is C14H13BrClN3S. The van der Waals surface area contributed by atoms with E-state index in [0.717, 1.165) is 46.4 Å². The third-order valence-corrected chi connectivity index (χ3v) is 4.50. The molecule has 104 valence electrons. The maximum atomic E-state index is 5.89. The second kappa shape index (κ2) is 6.24. The highest BCUT2D eigenvalue weighted by atomic mass is 79.9. The maximum Gasteiger partial charge on any atom is 0.111 e. The normalized spacial score (nSPS) is 11.3. The predicted octanol–water partition coefficient (Wildman–Crippen LogP) is 4.28. The zero-order valence-corrected chi connectivity index (χ0v) is 13.9. The molecule has 0 aliphatic heterocycles. The lowest BCUT2D eigenvalue weighted by atomic mass is 10.3. The van der Waals surface area contributed by atoms with E-state index in [2.05, 4.69) is 41.9 Å². The molecule has 0 spiro atoms. The number of benzene rings is 1. The SMILES string of the molecule is ClCCc1nc2ccc(Br)cc2n1CCc1cscn1. The maximum absolute atomic E-state index is 5.89. The van der Waals surface area contributed by atoms with Gasteiger partial charge in [-0.15, -0.1) is 22.9 Å². The highest BCUT2D eigenvalue weighted by Gasteiger charge is 2.11. The number of aromatic nitrogens is 3. The van der Waals surface area contributed by atoms with E-state index in [-0.39, 0.29) is 0 Å². The second-order valence-electron chi connectivity index (χ2n) is 4.48. The molecule has 0 fully saturated rings. The number of nitrogens with zero attached hydrogens (tertiary/aromatic N) is 3. The van der Waals surface area contributed by atoms with Gasteiger partial charge in [0.1, 0.15) is 5.82 Å². The van der Waals surface area contributed by atoms with Gasteiger partial charge in [0.25, 0.3) is 0 Å². The molecule has 3 nitrogen and oxygen atoms in total. The third kappa shape index (κ3) is 2.90. The largest absolute Gasteiger partial charge is 0.328 e. The standard InChI is InChI=1S/C14H13BrClN3S/c15-10-1-2-12-13(7-10)19(14(18-12)3-5-16)6-4-11-8-20-9-17-11/h1-2,7-9H,3-6H2. The summed E-state index contributed by atoms with van der Waals surface area (Å²) in [4.78, 5) is 9.02. The summed E-state index contributed by atoms with van der Waals surface area (Å²) in [6.07, 6.45) is 1.70. The van der Waals surface area contributed by atoms with E-state index < -0.39 is 0 Å². The summed E-state index contributed by atoms with van der Waals surface area (Å²) in [5.41, 5.74) is 5.17. The number of alkyl halides is 1. The van der Waals surface area contributed by atoms with Crippen LogP contribution >= 0.6 is 38.9 Å². The lowest BCUT2D eigenvalue weighted by Crippen LogP contribution is -2.07. The van der Waals surface area contributed by atoms with Gasteiger partial charge >= 0.3 is 0 Å². The summed E-state index contributed by atoms with van der Waals surface area (Å²) in [5.74, 6) is 1.63. The molecule has 0 radical (unpaired) electrons. The number of hydrogen-bond acceptors (Lipinski definition) is 3. The molecule has 0 amide bonds. The van der Waals surface area contributed by atoms with Gasteiger partial charge in [0.2, 0.25) is 0 Å². The van der Waals surface area contributed by atoms with E-state index in [1.54, 1.807) is 11.3 Å². The van der Waals surface area contributed by atoms with Gasteiger partial charge in [0.15, 0.2) is 0 Å². The quantitative estimate of drug-likeness (QED) is 0.628. The average Bonchev–Trinajstić information content (AvgIpc) is 3.04. The number of aryl methyl sites for hydroxylation is 3. The molecule has 1 aromatic carbocycles. The Hall–Kier alpha value is -0.910. The van der Waals surface area contributed by atoms with Crippen molar-refractivity contribution in [3.8, 4) is 0 Å². The first-order valence-corrected chi connectivity index (χ1v) is 8.62. The van der Waals surface area contributed by atoms with Crippen molar-refractivity contribution in [1.82, 2.24) is 14.5 Å². The third-order valence-electron chi connectivity index (χ3n) is 3.18. The molecule has 6 heteroatoms.